The number of nitrogens with zero attached hydrogens (tertiary/aromatic N) is 1. The number of aromatic nitrogens is 1. The van der Waals surface area contributed by atoms with Crippen LogP contribution in [0.5, 0.6) is 0 Å². The molecule has 0 unspecified atom stereocenters. The zero-order chi connectivity index (χ0) is 13.2. The Bertz CT molecular complexity index is 721. The molecule has 0 saturated carbocycles. The Balaban J connectivity index is 1.91. The van der Waals surface area contributed by atoms with Gasteiger partial charge in [0.1, 0.15) is 0 Å². The topological polar surface area (TPSA) is 24.9 Å². The minimum Gasteiger partial charge on any atom is -0.380 e. The van der Waals surface area contributed by atoms with Gasteiger partial charge in [0, 0.05) is 23.8 Å². The molecule has 0 aliphatic heterocycles. The van der Waals surface area contributed by atoms with Crippen LogP contribution < -0.4 is 5.32 Å². The number of hydrogen-bond acceptors (Lipinski definition) is 3. The molecule has 0 radical (unpaired) electrons. The van der Waals surface area contributed by atoms with Gasteiger partial charge in [0.2, 0.25) is 0 Å². The van der Waals surface area contributed by atoms with E-state index in [4.69, 9.17) is 0 Å². The van der Waals surface area contributed by atoms with E-state index in [0.717, 1.165) is 17.7 Å². The zero-order valence-corrected chi connectivity index (χ0v) is 12.9. The van der Waals surface area contributed by atoms with Crippen molar-refractivity contribution in [3.63, 3.8) is 0 Å². The molecule has 0 saturated heterocycles. The molecule has 0 aliphatic carbocycles. The largest absolute Gasteiger partial charge is 0.380 e. The Kier molecular flexibility index (Phi) is 3.53. The first kappa shape index (κ1) is 12.6. The van der Waals surface area contributed by atoms with Crippen LogP contribution in [-0.4, -0.2) is 4.98 Å². The highest BCUT2D eigenvalue weighted by Gasteiger charge is 2.04. The molecule has 96 valence electrons. The predicted octanol–water partition coefficient (Wildman–Crippen LogP) is 4.98. The lowest BCUT2D eigenvalue weighted by atomic mass is 10.1. The highest BCUT2D eigenvalue weighted by atomic mass is 79.9. The van der Waals surface area contributed by atoms with E-state index in [-0.39, 0.29) is 0 Å². The standard InChI is InChI=1S/C15H13BrN2S/c1-10-4-5-13(12-3-2-6-17-15(10)12)18-8-11-7-14(16)19-9-11/h2-7,9,18H,8H2,1H3. The summed E-state index contributed by atoms with van der Waals surface area (Å²) in [6, 6.07) is 10.5. The van der Waals surface area contributed by atoms with Crippen molar-refractivity contribution in [3.8, 4) is 0 Å². The van der Waals surface area contributed by atoms with E-state index in [1.54, 1.807) is 11.3 Å². The van der Waals surface area contributed by atoms with Crippen LogP contribution in [0.15, 0.2) is 45.7 Å². The van der Waals surface area contributed by atoms with Crippen LogP contribution in [0.2, 0.25) is 0 Å². The average molecular weight is 333 g/mol. The number of halogens is 1. The number of anilines is 1. The second-order valence-corrected chi connectivity index (χ2v) is 6.73. The molecule has 0 atom stereocenters. The van der Waals surface area contributed by atoms with Crippen molar-refractivity contribution < 1.29 is 0 Å². The smallest absolute Gasteiger partial charge is 0.0751 e. The molecule has 0 bridgehead atoms. The Labute approximate surface area is 124 Å². The lowest BCUT2D eigenvalue weighted by Gasteiger charge is -2.10. The molecule has 1 aromatic carbocycles. The molecule has 3 aromatic rings. The first-order valence-corrected chi connectivity index (χ1v) is 7.72. The minimum atomic E-state index is 0.829. The summed E-state index contributed by atoms with van der Waals surface area (Å²) in [5, 5.41) is 6.83. The number of hydrogen-bond donors (Lipinski definition) is 1. The zero-order valence-electron chi connectivity index (χ0n) is 10.5. The molecule has 0 spiro atoms. The van der Waals surface area contributed by atoms with Crippen LogP contribution in [-0.2, 0) is 6.54 Å². The van der Waals surface area contributed by atoms with Crippen molar-refractivity contribution in [1.82, 2.24) is 4.98 Å². The number of pyridine rings is 1. The van der Waals surface area contributed by atoms with Gasteiger partial charge >= 0.3 is 0 Å². The summed E-state index contributed by atoms with van der Waals surface area (Å²) in [6.07, 6.45) is 1.84. The van der Waals surface area contributed by atoms with Crippen molar-refractivity contribution in [2.24, 2.45) is 0 Å². The van der Waals surface area contributed by atoms with Gasteiger partial charge in [0.05, 0.1) is 9.30 Å². The van der Waals surface area contributed by atoms with Crippen molar-refractivity contribution in [2.75, 3.05) is 5.32 Å². The van der Waals surface area contributed by atoms with E-state index in [1.807, 2.05) is 12.3 Å². The van der Waals surface area contributed by atoms with Gasteiger partial charge in [-0.15, -0.1) is 11.3 Å². The van der Waals surface area contributed by atoms with Crippen molar-refractivity contribution in [2.45, 2.75) is 13.5 Å². The molecule has 2 nitrogen and oxygen atoms in total. The summed E-state index contributed by atoms with van der Waals surface area (Å²) in [7, 11) is 0. The number of benzene rings is 1. The lowest BCUT2D eigenvalue weighted by molar-refractivity contribution is 1.17. The second-order valence-electron chi connectivity index (χ2n) is 4.44. The van der Waals surface area contributed by atoms with E-state index in [2.05, 4.69) is 62.8 Å². The van der Waals surface area contributed by atoms with Crippen molar-refractivity contribution >= 4 is 43.9 Å². The van der Waals surface area contributed by atoms with Gasteiger partial charge in [-0.25, -0.2) is 0 Å². The molecule has 2 aromatic heterocycles. The summed E-state index contributed by atoms with van der Waals surface area (Å²) in [5.41, 5.74) is 4.70. The van der Waals surface area contributed by atoms with Gasteiger partial charge in [-0.1, -0.05) is 6.07 Å². The highest BCUT2D eigenvalue weighted by molar-refractivity contribution is 9.11. The molecule has 0 aliphatic rings. The molecule has 4 heteroatoms. The Morgan fingerprint density at radius 1 is 1.32 bits per heavy atom. The Morgan fingerprint density at radius 2 is 2.21 bits per heavy atom. The summed E-state index contributed by atoms with van der Waals surface area (Å²) in [4.78, 5) is 4.46. The van der Waals surface area contributed by atoms with Gasteiger partial charge in [-0.3, -0.25) is 4.98 Å². The monoisotopic (exact) mass is 332 g/mol. The molecule has 19 heavy (non-hydrogen) atoms. The van der Waals surface area contributed by atoms with Gasteiger partial charge in [-0.05, 0) is 63.6 Å². The molecule has 1 N–H and O–H groups in total. The molecule has 3 rings (SSSR count). The average Bonchev–Trinajstić information content (AvgIpc) is 2.84. The molecular formula is C15H13BrN2S. The van der Waals surface area contributed by atoms with Gasteiger partial charge in [-0.2, -0.15) is 0 Å². The maximum Gasteiger partial charge on any atom is 0.0751 e. The summed E-state index contributed by atoms with van der Waals surface area (Å²) in [6.45, 7) is 2.92. The van der Waals surface area contributed by atoms with Crippen LogP contribution in [0.25, 0.3) is 10.9 Å². The van der Waals surface area contributed by atoms with Crippen LogP contribution in [0.1, 0.15) is 11.1 Å². The third kappa shape index (κ3) is 2.65. The van der Waals surface area contributed by atoms with E-state index in [1.165, 1.54) is 20.3 Å². The molecule has 0 fully saturated rings. The Morgan fingerprint density at radius 3 is 3.00 bits per heavy atom. The summed E-state index contributed by atoms with van der Waals surface area (Å²) >= 11 is 5.20. The molecular weight excluding hydrogens is 320 g/mol. The quantitative estimate of drug-likeness (QED) is 0.731. The van der Waals surface area contributed by atoms with Crippen molar-refractivity contribution in [3.05, 3.63) is 56.8 Å². The summed E-state index contributed by atoms with van der Waals surface area (Å²) < 4.78 is 1.17. The first-order chi connectivity index (χ1) is 9.24. The Hall–Kier alpha value is -1.39. The SMILES string of the molecule is Cc1ccc(NCc2csc(Br)c2)c2cccnc12. The van der Waals surface area contributed by atoms with Crippen LogP contribution in [0.4, 0.5) is 5.69 Å². The maximum absolute atomic E-state index is 4.46. The van der Waals surface area contributed by atoms with E-state index in [0.29, 0.717) is 0 Å². The lowest BCUT2D eigenvalue weighted by Crippen LogP contribution is -1.99. The third-order valence-electron chi connectivity index (χ3n) is 3.08. The first-order valence-electron chi connectivity index (χ1n) is 6.05. The van der Waals surface area contributed by atoms with E-state index in [9.17, 15) is 0 Å². The fraction of sp³-hybridized carbons (Fsp3) is 0.133. The minimum absolute atomic E-state index is 0.829. The third-order valence-corrected chi connectivity index (χ3v) is 4.63. The van der Waals surface area contributed by atoms with Gasteiger partial charge in [0.25, 0.3) is 0 Å². The molecule has 0 amide bonds. The fourth-order valence-corrected chi connectivity index (χ4v) is 3.31. The summed E-state index contributed by atoms with van der Waals surface area (Å²) in [5.74, 6) is 0. The number of nitrogens with one attached hydrogen (secondary N) is 1. The fourth-order valence-electron chi connectivity index (χ4n) is 2.10. The van der Waals surface area contributed by atoms with Crippen molar-refractivity contribution in [1.29, 1.82) is 0 Å². The number of aryl methyl sites for hydroxylation is 1. The molecule has 2 heterocycles. The maximum atomic E-state index is 4.46. The van der Waals surface area contributed by atoms with Gasteiger partial charge in [0.15, 0.2) is 0 Å². The normalized spacial score (nSPS) is 10.8. The van der Waals surface area contributed by atoms with E-state index >= 15 is 0 Å². The van der Waals surface area contributed by atoms with Crippen LogP contribution in [0.3, 0.4) is 0 Å². The highest BCUT2D eigenvalue weighted by Crippen LogP contribution is 2.26. The van der Waals surface area contributed by atoms with Crippen LogP contribution in [0, 0.1) is 6.92 Å². The number of fused-ring (bicyclic) bond motifs is 1. The van der Waals surface area contributed by atoms with Gasteiger partial charge < -0.3 is 5.32 Å². The second kappa shape index (κ2) is 5.31. The number of thiophene rings is 1. The van der Waals surface area contributed by atoms with Crippen LogP contribution >= 0.6 is 27.3 Å². The van der Waals surface area contributed by atoms with E-state index < -0.39 is 0 Å². The number of rotatable bonds is 3. The predicted molar refractivity (Wildman–Crippen MR) is 85.8 cm³/mol.